The van der Waals surface area contributed by atoms with Crippen molar-refractivity contribution in [2.24, 2.45) is 0 Å². The second-order valence-corrected chi connectivity index (χ2v) is 8.47. The minimum atomic E-state index is 0.0831. The van der Waals surface area contributed by atoms with E-state index in [4.69, 9.17) is 4.98 Å². The molecule has 0 bridgehead atoms. The van der Waals surface area contributed by atoms with E-state index in [0.717, 1.165) is 43.8 Å². The number of fused-ring (bicyclic) bond motifs is 1. The number of para-hydroxylation sites is 1. The second kappa shape index (κ2) is 9.16. The summed E-state index contributed by atoms with van der Waals surface area (Å²) in [5, 5.41) is 4.33. The molecule has 0 amide bonds. The summed E-state index contributed by atoms with van der Waals surface area (Å²) in [6.07, 6.45) is 2.07. The summed E-state index contributed by atoms with van der Waals surface area (Å²) < 4.78 is 1.93. The number of benzene rings is 1. The number of hydrogen-bond acceptors (Lipinski definition) is 5. The van der Waals surface area contributed by atoms with Crippen LogP contribution in [0.1, 0.15) is 45.5 Å². The molecule has 6 nitrogen and oxygen atoms in total. The zero-order chi connectivity index (χ0) is 20.3. The molecular formula is C22H35N5O. The molecule has 2 heterocycles. The van der Waals surface area contributed by atoms with Crippen LogP contribution in [0.25, 0.3) is 10.9 Å². The molecule has 1 aromatic heterocycles. The summed E-state index contributed by atoms with van der Waals surface area (Å²) in [4.78, 5) is 23.0. The Morgan fingerprint density at radius 3 is 2.54 bits per heavy atom. The largest absolute Gasteiger partial charge is 0.309 e. The first-order valence-electron chi connectivity index (χ1n) is 10.5. The second-order valence-electron chi connectivity index (χ2n) is 8.47. The van der Waals surface area contributed by atoms with Crippen molar-refractivity contribution in [2.75, 3.05) is 33.7 Å². The monoisotopic (exact) mass is 385 g/mol. The molecule has 154 valence electrons. The van der Waals surface area contributed by atoms with Gasteiger partial charge in [-0.2, -0.15) is 0 Å². The van der Waals surface area contributed by atoms with E-state index in [1.165, 1.54) is 0 Å². The quantitative estimate of drug-likeness (QED) is 0.794. The molecule has 1 aromatic carbocycles. The van der Waals surface area contributed by atoms with Crippen LogP contribution < -0.4 is 10.9 Å². The van der Waals surface area contributed by atoms with Crippen molar-refractivity contribution in [3.8, 4) is 0 Å². The maximum Gasteiger partial charge on any atom is 0.261 e. The molecule has 6 heteroatoms. The van der Waals surface area contributed by atoms with E-state index in [0.29, 0.717) is 24.0 Å². The number of nitrogens with one attached hydrogen (secondary N) is 1. The molecule has 3 rings (SSSR count). The molecule has 1 saturated heterocycles. The molecule has 0 spiro atoms. The van der Waals surface area contributed by atoms with Crippen LogP contribution in [-0.2, 0) is 6.54 Å². The van der Waals surface area contributed by atoms with Gasteiger partial charge in [0.2, 0.25) is 0 Å². The summed E-state index contributed by atoms with van der Waals surface area (Å²) >= 11 is 0. The van der Waals surface area contributed by atoms with Crippen molar-refractivity contribution in [3.05, 3.63) is 40.4 Å². The Morgan fingerprint density at radius 1 is 1.21 bits per heavy atom. The van der Waals surface area contributed by atoms with Gasteiger partial charge in [-0.05, 0) is 46.5 Å². The van der Waals surface area contributed by atoms with E-state index in [-0.39, 0.29) is 11.6 Å². The predicted molar refractivity (Wildman–Crippen MR) is 116 cm³/mol. The normalized spacial score (nSPS) is 22.1. The molecule has 0 saturated carbocycles. The van der Waals surface area contributed by atoms with Crippen molar-refractivity contribution in [2.45, 2.75) is 58.3 Å². The number of nitrogens with zero attached hydrogens (tertiary/aromatic N) is 4. The van der Waals surface area contributed by atoms with Crippen LogP contribution in [-0.4, -0.2) is 65.2 Å². The zero-order valence-corrected chi connectivity index (χ0v) is 18.0. The summed E-state index contributed by atoms with van der Waals surface area (Å²) in [7, 11) is 4.09. The fraction of sp³-hybridized carbons (Fsp3) is 0.636. The van der Waals surface area contributed by atoms with Crippen molar-refractivity contribution in [3.63, 3.8) is 0 Å². The highest BCUT2D eigenvalue weighted by Crippen LogP contribution is 2.27. The van der Waals surface area contributed by atoms with Gasteiger partial charge in [-0.3, -0.25) is 14.3 Å². The molecular weight excluding hydrogens is 350 g/mol. The van der Waals surface area contributed by atoms with Crippen LogP contribution >= 0.6 is 0 Å². The number of likely N-dealkylation sites (N-methyl/N-ethyl adjacent to an activating group) is 1. The highest BCUT2D eigenvalue weighted by Gasteiger charge is 2.30. The highest BCUT2D eigenvalue weighted by molar-refractivity contribution is 5.77. The zero-order valence-electron chi connectivity index (χ0n) is 18.0. The van der Waals surface area contributed by atoms with Crippen molar-refractivity contribution in [1.29, 1.82) is 0 Å². The van der Waals surface area contributed by atoms with Gasteiger partial charge >= 0.3 is 0 Å². The summed E-state index contributed by atoms with van der Waals surface area (Å²) in [6, 6.07) is 8.77. The lowest BCUT2D eigenvalue weighted by molar-refractivity contribution is 0.108. The Balaban J connectivity index is 2.10. The topological polar surface area (TPSA) is 53.4 Å². The molecule has 0 aliphatic carbocycles. The highest BCUT2D eigenvalue weighted by atomic mass is 16.1. The number of piperazine rings is 1. The van der Waals surface area contributed by atoms with Gasteiger partial charge in [0.15, 0.2) is 0 Å². The molecule has 0 radical (unpaired) electrons. The van der Waals surface area contributed by atoms with Gasteiger partial charge in [0, 0.05) is 38.3 Å². The van der Waals surface area contributed by atoms with Gasteiger partial charge < -0.3 is 10.2 Å². The number of rotatable bonds is 7. The first kappa shape index (κ1) is 21.0. The van der Waals surface area contributed by atoms with E-state index < -0.39 is 0 Å². The first-order chi connectivity index (χ1) is 13.4. The maximum atomic E-state index is 13.4. The molecule has 2 aromatic rings. The Labute approximate surface area is 168 Å². The fourth-order valence-corrected chi connectivity index (χ4v) is 4.33. The van der Waals surface area contributed by atoms with Crippen LogP contribution in [0.3, 0.4) is 0 Å². The standard InChI is InChI=1S/C22H35N5O/c1-6-9-20(26-14-16(2)23-17(3)15-26)21-24-19-11-8-7-10-18(19)22(28)27(21)13-12-25(4)5/h7-8,10-11,16-17,20,23H,6,9,12-15H2,1-5H3/t16-,17+,20?. The van der Waals surface area contributed by atoms with E-state index in [1.807, 2.05) is 42.9 Å². The Kier molecular flexibility index (Phi) is 6.86. The third kappa shape index (κ3) is 4.62. The van der Waals surface area contributed by atoms with Crippen molar-refractivity contribution >= 4 is 10.9 Å². The average molecular weight is 386 g/mol. The van der Waals surface area contributed by atoms with Crippen LogP contribution in [0.5, 0.6) is 0 Å². The molecule has 1 aliphatic rings. The minimum absolute atomic E-state index is 0.0831. The van der Waals surface area contributed by atoms with E-state index in [1.54, 1.807) is 0 Å². The van der Waals surface area contributed by atoms with Crippen molar-refractivity contribution < 1.29 is 0 Å². The summed E-state index contributed by atoms with van der Waals surface area (Å²) in [6.45, 7) is 10.1. The summed E-state index contributed by atoms with van der Waals surface area (Å²) in [5.74, 6) is 0.925. The SMILES string of the molecule is CCCC(c1nc2ccccc2c(=O)n1CCN(C)C)N1C[C@@H](C)N[C@@H](C)C1. The number of hydrogen-bond donors (Lipinski definition) is 1. The number of aromatic nitrogens is 2. The smallest absolute Gasteiger partial charge is 0.261 e. The van der Waals surface area contributed by atoms with Gasteiger partial charge in [0.05, 0.1) is 16.9 Å². The van der Waals surface area contributed by atoms with Gasteiger partial charge in [0.25, 0.3) is 5.56 Å². The van der Waals surface area contributed by atoms with Gasteiger partial charge in [-0.15, -0.1) is 0 Å². The van der Waals surface area contributed by atoms with Crippen LogP contribution in [0.4, 0.5) is 0 Å². The molecule has 28 heavy (non-hydrogen) atoms. The van der Waals surface area contributed by atoms with E-state index >= 15 is 0 Å². The lowest BCUT2D eigenvalue weighted by Gasteiger charge is -2.41. The van der Waals surface area contributed by atoms with Crippen LogP contribution in [0.2, 0.25) is 0 Å². The van der Waals surface area contributed by atoms with E-state index in [2.05, 4.69) is 35.9 Å². The lowest BCUT2D eigenvalue weighted by atomic mass is 10.0. The van der Waals surface area contributed by atoms with Crippen molar-refractivity contribution in [1.82, 2.24) is 24.7 Å². The molecule has 3 atom stereocenters. The van der Waals surface area contributed by atoms with Gasteiger partial charge in [-0.25, -0.2) is 4.98 Å². The molecule has 1 aliphatic heterocycles. The lowest BCUT2D eigenvalue weighted by Crippen LogP contribution is -2.55. The Morgan fingerprint density at radius 2 is 1.89 bits per heavy atom. The Hall–Kier alpha value is -1.76. The molecule has 1 unspecified atom stereocenters. The van der Waals surface area contributed by atoms with E-state index in [9.17, 15) is 4.79 Å². The van der Waals surface area contributed by atoms with Crippen LogP contribution in [0.15, 0.2) is 29.1 Å². The summed E-state index contributed by atoms with van der Waals surface area (Å²) in [5.41, 5.74) is 0.890. The van der Waals surface area contributed by atoms with Gasteiger partial charge in [-0.1, -0.05) is 25.5 Å². The Bertz CT molecular complexity index is 836. The molecule has 1 N–H and O–H groups in total. The predicted octanol–water partition coefficient (Wildman–Crippen LogP) is 2.48. The van der Waals surface area contributed by atoms with Crippen LogP contribution in [0, 0.1) is 0 Å². The molecule has 1 fully saturated rings. The van der Waals surface area contributed by atoms with Gasteiger partial charge in [0.1, 0.15) is 5.82 Å². The average Bonchev–Trinajstić information content (AvgIpc) is 2.64. The fourth-order valence-electron chi connectivity index (χ4n) is 4.33. The minimum Gasteiger partial charge on any atom is -0.309 e. The third-order valence-electron chi connectivity index (χ3n) is 5.55. The maximum absolute atomic E-state index is 13.4. The third-order valence-corrected chi connectivity index (χ3v) is 5.55. The first-order valence-corrected chi connectivity index (χ1v) is 10.5.